The summed E-state index contributed by atoms with van der Waals surface area (Å²) >= 11 is 0. The predicted octanol–water partition coefficient (Wildman–Crippen LogP) is -1.54. The molecule has 8 N–H and O–H groups in total. The largest absolute Gasteiger partial charge is 0.726 e. The Morgan fingerprint density at radius 2 is 1.61 bits per heavy atom. The number of aliphatic hydroxyl groups is 3. The Morgan fingerprint density at radius 1 is 0.943 bits per heavy atom. The van der Waals surface area contributed by atoms with Gasteiger partial charge >= 0.3 is 29.6 Å². The zero-order valence-corrected chi connectivity index (χ0v) is 40.2. The van der Waals surface area contributed by atoms with Crippen LogP contribution in [-0.4, -0.2) is 188 Å². The van der Waals surface area contributed by atoms with Gasteiger partial charge in [0.1, 0.15) is 54.9 Å². The van der Waals surface area contributed by atoms with Crippen molar-refractivity contribution in [3.8, 4) is 0 Å². The molecule has 3 fully saturated rings. The molecule has 70 heavy (non-hydrogen) atoms. The molecule has 1 aromatic heterocycles. The van der Waals surface area contributed by atoms with Crippen LogP contribution in [0.25, 0.3) is 0 Å². The Balaban J connectivity index is 1.65. The van der Waals surface area contributed by atoms with Gasteiger partial charge in [0.15, 0.2) is 24.7 Å². The molecule has 14 atom stereocenters. The molecule has 27 heteroatoms. The first kappa shape index (κ1) is 57.9. The van der Waals surface area contributed by atoms with Crippen LogP contribution in [0.1, 0.15) is 97.1 Å². The number of rotatable bonds is 27. The van der Waals surface area contributed by atoms with Crippen molar-refractivity contribution < 1.29 is 90.3 Å². The van der Waals surface area contributed by atoms with Gasteiger partial charge in [0, 0.05) is 45.2 Å². The Bertz CT molecular complexity index is 2190. The van der Waals surface area contributed by atoms with Crippen molar-refractivity contribution in [3.05, 3.63) is 45.3 Å². The topological polar surface area (TPSA) is 386 Å². The van der Waals surface area contributed by atoms with E-state index in [9.17, 15) is 72.1 Å². The number of nitrogens with zero attached hydrogens (tertiary/aromatic N) is 3. The van der Waals surface area contributed by atoms with Crippen LogP contribution < -0.4 is 17.0 Å². The number of aromatic nitrogens is 2. The van der Waals surface area contributed by atoms with E-state index in [0.717, 1.165) is 62.7 Å². The second-order valence-corrected chi connectivity index (χ2v) is 18.8. The third-order valence-corrected chi connectivity index (χ3v) is 12.7. The number of unbranched alkanes of at least 4 members (excludes halogenated alkanes) is 6. The van der Waals surface area contributed by atoms with E-state index in [1.807, 2.05) is 17.1 Å². The van der Waals surface area contributed by atoms with Crippen molar-refractivity contribution in [2.24, 2.45) is 11.7 Å². The highest BCUT2D eigenvalue weighted by molar-refractivity contribution is 7.80. The summed E-state index contributed by atoms with van der Waals surface area (Å²) in [5.41, 5.74) is 3.76. The lowest BCUT2D eigenvalue weighted by molar-refractivity contribution is -0.230. The van der Waals surface area contributed by atoms with Crippen LogP contribution in [0.15, 0.2) is 34.0 Å². The highest BCUT2D eigenvalue weighted by Gasteiger charge is 2.57. The molecule has 0 radical (unpaired) electrons. The van der Waals surface area contributed by atoms with Gasteiger partial charge in [-0.3, -0.25) is 42.6 Å². The first-order valence-corrected chi connectivity index (χ1v) is 24.4. The molecular formula is C43H66N5O21S-. The summed E-state index contributed by atoms with van der Waals surface area (Å²) in [6, 6.07) is -2.93. The first-order chi connectivity index (χ1) is 33.0. The number of aromatic amines is 1. The number of ether oxygens (including phenoxy) is 5. The minimum Gasteiger partial charge on any atom is -0.726 e. The van der Waals surface area contributed by atoms with Crippen molar-refractivity contribution in [1.29, 1.82) is 0 Å². The van der Waals surface area contributed by atoms with Crippen molar-refractivity contribution >= 4 is 40.2 Å². The molecule has 1 amide bonds. The summed E-state index contributed by atoms with van der Waals surface area (Å²) in [6.07, 6.45) is -8.98. The summed E-state index contributed by atoms with van der Waals surface area (Å²) < 4.78 is 69.7. The quantitative estimate of drug-likeness (QED) is 0.0173. The average molecular weight is 1020 g/mol. The fourth-order valence-electron chi connectivity index (χ4n) is 8.70. The maximum atomic E-state index is 14.6. The van der Waals surface area contributed by atoms with E-state index in [2.05, 4.69) is 11.1 Å². The molecule has 3 saturated heterocycles. The molecule has 0 aromatic carbocycles. The number of nitrogens with two attached hydrogens (primary N) is 1. The van der Waals surface area contributed by atoms with Crippen LogP contribution in [0.4, 0.5) is 0 Å². The average Bonchev–Trinajstić information content (AvgIpc) is 3.68. The minimum atomic E-state index is -5.62. The van der Waals surface area contributed by atoms with E-state index in [1.165, 1.54) is 20.4 Å². The Kier molecular flexibility index (Phi) is 22.1. The molecule has 0 bridgehead atoms. The standard InChI is InChI=1S/C43H67N5O21S/c1-5-6-7-8-9-10-11-12-13-14-15-24(64-29(52)19-23(2)18-28(50)51)20-30(53)65-26-22-46(3)32(39(57)47(4)31(26)41(58)59)36(68-42-38(69-70(61,62)63)33(54)25(21-44)66-42)37-34(55)35(56)40(67-37)48-17-16-27(49)45-43(48)60/h12-13,16-17,23-26,31-38,40,42,54-56H,5-11,14-15,18-22,44H2,1-4H3,(H,50,51)(H,58,59)(H,45,49,60)(H,61,62,63)/p-1/b13-12-/t23-,24+,25-,26+,31+,32+,33-,34+,35-,36+,37+,38-,40-,42+/m1/s1. The van der Waals surface area contributed by atoms with Crippen molar-refractivity contribution in [1.82, 2.24) is 19.4 Å². The van der Waals surface area contributed by atoms with Gasteiger partial charge in [0.2, 0.25) is 16.3 Å². The Labute approximate surface area is 403 Å². The highest BCUT2D eigenvalue weighted by atomic mass is 32.3. The molecule has 4 heterocycles. The predicted molar refractivity (Wildman–Crippen MR) is 238 cm³/mol. The number of esters is 2. The van der Waals surface area contributed by atoms with Crippen molar-refractivity contribution in [2.75, 3.05) is 27.2 Å². The molecule has 4 rings (SSSR count). The first-order valence-electron chi connectivity index (χ1n) is 23.1. The SMILES string of the molecule is CCCCCCCC/C=C\CC[C@@H](CC(=O)O[C@H]1CN(C)[C@@H]([C@H](O[C@@H]2O[C@H](CN)[C@@H](O)[C@H]2OS(=O)(=O)[O-])[C@H]2O[C@@H](n3ccc(=O)[nH]c3=O)[C@H](O)[C@@H]2O)C(=O)N(C)[C@@H]1C(=O)O)OC(=O)C[C@H](C)CC(=O)O. The van der Waals surface area contributed by atoms with Crippen LogP contribution in [-0.2, 0) is 62.2 Å². The maximum absolute atomic E-state index is 14.6. The number of amides is 1. The monoisotopic (exact) mass is 1020 g/mol. The van der Waals surface area contributed by atoms with E-state index in [-0.39, 0.29) is 19.3 Å². The third kappa shape index (κ3) is 16.2. The molecule has 0 saturated carbocycles. The number of carbonyl (C=O) groups excluding carboxylic acids is 3. The molecule has 396 valence electrons. The smallest absolute Gasteiger partial charge is 0.330 e. The zero-order valence-electron chi connectivity index (χ0n) is 39.4. The van der Waals surface area contributed by atoms with Gasteiger partial charge in [-0.25, -0.2) is 18.0 Å². The van der Waals surface area contributed by atoms with Gasteiger partial charge < -0.3 is 64.4 Å². The van der Waals surface area contributed by atoms with Crippen molar-refractivity contribution in [3.63, 3.8) is 0 Å². The van der Waals surface area contributed by atoms with Crippen molar-refractivity contribution in [2.45, 2.75) is 170 Å². The summed E-state index contributed by atoms with van der Waals surface area (Å²) in [7, 11) is -3.35. The molecular weight excluding hydrogens is 955 g/mol. The van der Waals surface area contributed by atoms with Gasteiger partial charge in [-0.15, -0.1) is 0 Å². The fraction of sp³-hybridized carbons (Fsp3) is 0.744. The number of aliphatic hydroxyl groups excluding tert-OH is 3. The lowest BCUT2D eigenvalue weighted by atomic mass is 9.97. The van der Waals surface area contributed by atoms with Crippen LogP contribution in [0, 0.1) is 5.92 Å². The zero-order chi connectivity index (χ0) is 52.0. The lowest BCUT2D eigenvalue weighted by Crippen LogP contribution is -2.60. The van der Waals surface area contributed by atoms with Crippen LogP contribution in [0.2, 0.25) is 0 Å². The number of hydrogen-bond acceptors (Lipinski definition) is 21. The molecule has 3 aliphatic rings. The van der Waals surface area contributed by atoms with Gasteiger partial charge in [0.25, 0.3) is 5.56 Å². The number of carboxylic acids is 2. The number of carbonyl (C=O) groups is 5. The van der Waals surface area contributed by atoms with Gasteiger partial charge in [-0.2, -0.15) is 0 Å². The van der Waals surface area contributed by atoms with Crippen LogP contribution in [0.3, 0.4) is 0 Å². The number of carboxylic acid groups (broad SMARTS) is 2. The summed E-state index contributed by atoms with van der Waals surface area (Å²) in [4.78, 5) is 94.0. The Hall–Kier alpha value is -4.68. The third-order valence-electron chi connectivity index (χ3n) is 12.2. The number of likely N-dealkylation sites (N-methyl/N-ethyl adjacent to an activating group) is 2. The van der Waals surface area contributed by atoms with Crippen LogP contribution >= 0.6 is 0 Å². The molecule has 26 nitrogen and oxygen atoms in total. The number of hydrogen-bond donors (Lipinski definition) is 7. The van der Waals surface area contributed by atoms with E-state index >= 15 is 0 Å². The molecule has 1 aromatic rings. The summed E-state index contributed by atoms with van der Waals surface area (Å²) in [5, 5.41) is 53.3. The van der Waals surface area contributed by atoms with E-state index in [1.54, 1.807) is 0 Å². The number of nitrogens with one attached hydrogen (secondary N) is 1. The maximum Gasteiger partial charge on any atom is 0.330 e. The molecule has 3 aliphatic heterocycles. The number of allylic oxidation sites excluding steroid dienone is 2. The number of H-pyrrole nitrogens is 1. The molecule has 0 unspecified atom stereocenters. The second kappa shape index (κ2) is 26.7. The normalized spacial score (nSPS) is 28.9. The number of aliphatic carboxylic acids is 2. The van der Waals surface area contributed by atoms with Gasteiger partial charge in [-0.05, 0) is 38.6 Å². The van der Waals surface area contributed by atoms with E-state index < -0.39 is 156 Å². The highest BCUT2D eigenvalue weighted by Crippen LogP contribution is 2.37. The summed E-state index contributed by atoms with van der Waals surface area (Å²) in [6.45, 7) is 2.55. The molecule has 0 spiro atoms. The van der Waals surface area contributed by atoms with E-state index in [0.29, 0.717) is 15.9 Å². The minimum absolute atomic E-state index is 0.122. The lowest BCUT2D eigenvalue weighted by Gasteiger charge is -2.38. The molecule has 0 aliphatic carbocycles. The fourth-order valence-corrected chi connectivity index (χ4v) is 9.18. The van der Waals surface area contributed by atoms with E-state index in [4.69, 9.17) is 29.4 Å². The van der Waals surface area contributed by atoms with Gasteiger partial charge in [-0.1, -0.05) is 58.1 Å². The second-order valence-electron chi connectivity index (χ2n) is 17.8. The Morgan fingerprint density at radius 3 is 2.24 bits per heavy atom. The summed E-state index contributed by atoms with van der Waals surface area (Å²) in [5.74, 6) is -6.38. The van der Waals surface area contributed by atoms with Gasteiger partial charge in [0.05, 0.1) is 6.42 Å². The van der Waals surface area contributed by atoms with Crippen LogP contribution in [0.5, 0.6) is 0 Å².